The number of aromatic carboxylic acids is 1. The molecule has 0 saturated heterocycles. The normalized spacial score (nSPS) is 10.4. The van der Waals surface area contributed by atoms with Gasteiger partial charge in [0.05, 0.1) is 11.3 Å². The number of benzene rings is 2. The number of para-hydroxylation sites is 1. The van der Waals surface area contributed by atoms with Gasteiger partial charge in [0.1, 0.15) is 0 Å². The molecule has 0 unspecified atom stereocenters. The van der Waals surface area contributed by atoms with Crippen molar-refractivity contribution in [3.05, 3.63) is 63.7 Å². The fourth-order valence-electron chi connectivity index (χ4n) is 2.73. The van der Waals surface area contributed by atoms with Crippen molar-refractivity contribution in [2.75, 3.05) is 5.32 Å². The van der Waals surface area contributed by atoms with Crippen molar-refractivity contribution in [3.63, 3.8) is 0 Å². The molecular formula is C18H19NO3. The van der Waals surface area contributed by atoms with Gasteiger partial charge in [0.2, 0.25) is 0 Å². The number of anilines is 1. The maximum atomic E-state index is 12.6. The molecule has 0 aliphatic rings. The van der Waals surface area contributed by atoms with Crippen LogP contribution in [0.25, 0.3) is 0 Å². The summed E-state index contributed by atoms with van der Waals surface area (Å²) in [5.41, 5.74) is 4.59. The van der Waals surface area contributed by atoms with E-state index in [1.807, 2.05) is 32.9 Å². The standard InChI is InChI=1S/C18H19NO3/c1-10-8-12(3)15(13(4)9-10)17(20)19-16-11(2)6-5-7-14(16)18(21)22/h5-9H,1-4H3,(H,19,20)(H,21,22). The zero-order valence-electron chi connectivity index (χ0n) is 13.2. The third kappa shape index (κ3) is 3.01. The van der Waals surface area contributed by atoms with Crippen LogP contribution in [-0.2, 0) is 0 Å². The number of nitrogens with one attached hydrogen (secondary N) is 1. The van der Waals surface area contributed by atoms with E-state index in [-0.39, 0.29) is 11.5 Å². The minimum Gasteiger partial charge on any atom is -0.478 e. The lowest BCUT2D eigenvalue weighted by Gasteiger charge is -2.15. The van der Waals surface area contributed by atoms with Gasteiger partial charge in [-0.25, -0.2) is 4.79 Å². The van der Waals surface area contributed by atoms with Crippen molar-refractivity contribution < 1.29 is 14.7 Å². The lowest BCUT2D eigenvalue weighted by molar-refractivity contribution is 0.0698. The number of carbonyl (C=O) groups excluding carboxylic acids is 1. The molecule has 0 radical (unpaired) electrons. The fraction of sp³-hybridized carbons (Fsp3) is 0.222. The number of carboxylic acid groups (broad SMARTS) is 1. The van der Waals surface area contributed by atoms with Crippen molar-refractivity contribution in [1.82, 2.24) is 0 Å². The number of amides is 1. The van der Waals surface area contributed by atoms with Gasteiger partial charge in [-0.3, -0.25) is 4.79 Å². The maximum Gasteiger partial charge on any atom is 0.337 e. The molecule has 2 N–H and O–H groups in total. The van der Waals surface area contributed by atoms with Crippen LogP contribution in [0.4, 0.5) is 5.69 Å². The first-order valence-electron chi connectivity index (χ1n) is 7.03. The van der Waals surface area contributed by atoms with Crippen LogP contribution in [0.2, 0.25) is 0 Å². The zero-order chi connectivity index (χ0) is 16.4. The molecule has 2 aromatic rings. The van der Waals surface area contributed by atoms with Crippen LogP contribution < -0.4 is 5.32 Å². The van der Waals surface area contributed by atoms with Gasteiger partial charge in [-0.1, -0.05) is 29.8 Å². The van der Waals surface area contributed by atoms with Gasteiger partial charge < -0.3 is 10.4 Å². The molecule has 2 aromatic carbocycles. The van der Waals surface area contributed by atoms with Crippen LogP contribution in [-0.4, -0.2) is 17.0 Å². The average molecular weight is 297 g/mol. The second kappa shape index (κ2) is 6.02. The Bertz CT molecular complexity index is 740. The van der Waals surface area contributed by atoms with Gasteiger partial charge in [-0.15, -0.1) is 0 Å². The Morgan fingerprint density at radius 1 is 0.955 bits per heavy atom. The van der Waals surface area contributed by atoms with E-state index < -0.39 is 5.97 Å². The van der Waals surface area contributed by atoms with Crippen LogP contribution in [0, 0.1) is 27.7 Å². The number of hydrogen-bond donors (Lipinski definition) is 2. The predicted octanol–water partition coefficient (Wildman–Crippen LogP) is 3.87. The average Bonchev–Trinajstić information content (AvgIpc) is 2.39. The molecule has 0 aromatic heterocycles. The zero-order valence-corrected chi connectivity index (χ0v) is 13.2. The summed E-state index contributed by atoms with van der Waals surface area (Å²) in [7, 11) is 0. The molecule has 4 heteroatoms. The summed E-state index contributed by atoms with van der Waals surface area (Å²) >= 11 is 0. The molecule has 0 fully saturated rings. The minimum absolute atomic E-state index is 0.0933. The van der Waals surface area contributed by atoms with Crippen molar-refractivity contribution in [2.45, 2.75) is 27.7 Å². The molecule has 0 saturated carbocycles. The van der Waals surface area contributed by atoms with Gasteiger partial charge >= 0.3 is 5.97 Å². The highest BCUT2D eigenvalue weighted by Crippen LogP contribution is 2.23. The number of hydrogen-bond acceptors (Lipinski definition) is 2. The molecule has 22 heavy (non-hydrogen) atoms. The summed E-state index contributed by atoms with van der Waals surface area (Å²) in [6, 6.07) is 8.81. The van der Waals surface area contributed by atoms with E-state index in [2.05, 4.69) is 5.32 Å². The Labute approximate surface area is 129 Å². The maximum absolute atomic E-state index is 12.6. The summed E-state index contributed by atoms with van der Waals surface area (Å²) < 4.78 is 0. The topological polar surface area (TPSA) is 66.4 Å². The first-order chi connectivity index (χ1) is 10.3. The Morgan fingerprint density at radius 3 is 2.09 bits per heavy atom. The first-order valence-corrected chi connectivity index (χ1v) is 7.03. The molecule has 0 atom stereocenters. The first kappa shape index (κ1) is 15.8. The smallest absolute Gasteiger partial charge is 0.337 e. The highest BCUT2D eigenvalue weighted by molar-refractivity contribution is 6.09. The quantitative estimate of drug-likeness (QED) is 0.903. The second-order valence-corrected chi connectivity index (χ2v) is 5.53. The molecule has 2 rings (SSSR count). The number of carboxylic acids is 1. The minimum atomic E-state index is -1.06. The van der Waals surface area contributed by atoms with Crippen molar-refractivity contribution in [1.29, 1.82) is 0 Å². The summed E-state index contributed by atoms with van der Waals surface area (Å²) in [5.74, 6) is -1.34. The van der Waals surface area contributed by atoms with E-state index in [9.17, 15) is 14.7 Å². The largest absolute Gasteiger partial charge is 0.478 e. The second-order valence-electron chi connectivity index (χ2n) is 5.53. The lowest BCUT2D eigenvalue weighted by atomic mass is 9.98. The highest BCUT2D eigenvalue weighted by atomic mass is 16.4. The molecule has 0 aliphatic heterocycles. The third-order valence-corrected chi connectivity index (χ3v) is 3.65. The van der Waals surface area contributed by atoms with E-state index in [4.69, 9.17) is 0 Å². The summed E-state index contributed by atoms with van der Waals surface area (Å²) in [4.78, 5) is 23.9. The van der Waals surface area contributed by atoms with Gasteiger partial charge in [0.15, 0.2) is 0 Å². The molecule has 0 aliphatic carbocycles. The molecular weight excluding hydrogens is 278 g/mol. The Balaban J connectivity index is 2.45. The molecule has 1 amide bonds. The van der Waals surface area contributed by atoms with Crippen molar-refractivity contribution in [2.24, 2.45) is 0 Å². The number of rotatable bonds is 3. The predicted molar refractivity (Wildman–Crippen MR) is 86.7 cm³/mol. The van der Waals surface area contributed by atoms with E-state index in [1.165, 1.54) is 6.07 Å². The van der Waals surface area contributed by atoms with Gasteiger partial charge in [-0.05, 0) is 50.5 Å². The Hall–Kier alpha value is -2.62. The van der Waals surface area contributed by atoms with Crippen LogP contribution in [0.5, 0.6) is 0 Å². The van der Waals surface area contributed by atoms with E-state index in [0.717, 1.165) is 22.3 Å². The summed E-state index contributed by atoms with van der Waals surface area (Å²) in [6.45, 7) is 7.51. The van der Waals surface area contributed by atoms with Crippen LogP contribution >= 0.6 is 0 Å². The van der Waals surface area contributed by atoms with Crippen LogP contribution in [0.1, 0.15) is 43.0 Å². The fourth-order valence-corrected chi connectivity index (χ4v) is 2.73. The van der Waals surface area contributed by atoms with Gasteiger partial charge in [0.25, 0.3) is 5.91 Å². The van der Waals surface area contributed by atoms with Crippen molar-refractivity contribution >= 4 is 17.6 Å². The molecule has 114 valence electrons. The number of carbonyl (C=O) groups is 2. The molecule has 0 spiro atoms. The molecule has 0 bridgehead atoms. The Kier molecular flexibility index (Phi) is 4.31. The van der Waals surface area contributed by atoms with Crippen molar-refractivity contribution in [3.8, 4) is 0 Å². The van der Waals surface area contributed by atoms with E-state index in [0.29, 0.717) is 11.3 Å². The van der Waals surface area contributed by atoms with Gasteiger partial charge in [0, 0.05) is 5.56 Å². The van der Waals surface area contributed by atoms with Crippen LogP contribution in [0.3, 0.4) is 0 Å². The lowest BCUT2D eigenvalue weighted by Crippen LogP contribution is -2.18. The van der Waals surface area contributed by atoms with Crippen LogP contribution in [0.15, 0.2) is 30.3 Å². The summed E-state index contributed by atoms with van der Waals surface area (Å²) in [6.07, 6.45) is 0. The SMILES string of the molecule is Cc1cc(C)c(C(=O)Nc2c(C)cccc2C(=O)O)c(C)c1. The molecule has 0 heterocycles. The highest BCUT2D eigenvalue weighted by Gasteiger charge is 2.18. The third-order valence-electron chi connectivity index (χ3n) is 3.65. The summed E-state index contributed by atoms with van der Waals surface area (Å²) in [5, 5.41) is 12.0. The van der Waals surface area contributed by atoms with E-state index in [1.54, 1.807) is 19.1 Å². The Morgan fingerprint density at radius 2 is 1.55 bits per heavy atom. The number of aryl methyl sites for hydroxylation is 4. The van der Waals surface area contributed by atoms with E-state index >= 15 is 0 Å². The molecule has 4 nitrogen and oxygen atoms in total. The van der Waals surface area contributed by atoms with Gasteiger partial charge in [-0.2, -0.15) is 0 Å². The monoisotopic (exact) mass is 297 g/mol.